The molecular weight excluding hydrogens is 150 g/mol. The van der Waals surface area contributed by atoms with Gasteiger partial charge in [0.2, 0.25) is 0 Å². The topological polar surface area (TPSA) is 27.6 Å². The van der Waals surface area contributed by atoms with Crippen molar-refractivity contribution in [2.24, 2.45) is 5.10 Å². The van der Waals surface area contributed by atoms with Crippen molar-refractivity contribution >= 4 is 6.21 Å². The van der Waals surface area contributed by atoms with E-state index in [1.54, 1.807) is 0 Å². The minimum absolute atomic E-state index is 0.611. The van der Waals surface area contributed by atoms with E-state index in [0.29, 0.717) is 6.04 Å². The minimum atomic E-state index is 0.611. The summed E-state index contributed by atoms with van der Waals surface area (Å²) in [6, 6.07) is 0.611. The Balaban J connectivity index is 1.90. The largest absolute Gasteiger partial charge is 0.290 e. The molecule has 0 radical (unpaired) electrons. The lowest BCUT2D eigenvalue weighted by Crippen LogP contribution is -2.41. The highest BCUT2D eigenvalue weighted by Crippen LogP contribution is 2.21. The first-order chi connectivity index (χ1) is 5.97. The fourth-order valence-electron chi connectivity index (χ4n) is 1.83. The molecule has 0 aromatic carbocycles. The van der Waals surface area contributed by atoms with Crippen LogP contribution in [0.2, 0.25) is 0 Å². The second-order valence-electron chi connectivity index (χ2n) is 3.39. The molecule has 0 amide bonds. The van der Waals surface area contributed by atoms with Crippen LogP contribution in [0.5, 0.6) is 0 Å². The van der Waals surface area contributed by atoms with Crippen molar-refractivity contribution in [1.29, 1.82) is 0 Å². The van der Waals surface area contributed by atoms with Crippen molar-refractivity contribution in [3.8, 4) is 0 Å². The van der Waals surface area contributed by atoms with Crippen LogP contribution in [0, 0.1) is 0 Å². The van der Waals surface area contributed by atoms with Gasteiger partial charge in [-0.3, -0.25) is 5.43 Å². The van der Waals surface area contributed by atoms with Crippen LogP contribution in [0.3, 0.4) is 0 Å². The molecule has 66 valence electrons. The van der Waals surface area contributed by atoms with E-state index in [1.165, 1.54) is 32.1 Å². The van der Waals surface area contributed by atoms with E-state index in [0.717, 1.165) is 0 Å². The Kier molecular flexibility index (Phi) is 2.30. The van der Waals surface area contributed by atoms with Gasteiger partial charge in [-0.05, 0) is 18.9 Å². The second-order valence-corrected chi connectivity index (χ2v) is 3.39. The van der Waals surface area contributed by atoms with Gasteiger partial charge in [0.1, 0.15) is 0 Å². The van der Waals surface area contributed by atoms with E-state index in [1.807, 2.05) is 23.6 Å². The number of nitrogens with zero attached hydrogens (tertiary/aromatic N) is 2. The van der Waals surface area contributed by atoms with Crippen molar-refractivity contribution < 1.29 is 0 Å². The number of hydrogen-bond acceptors (Lipinski definition) is 3. The Morgan fingerprint density at radius 2 is 2.08 bits per heavy atom. The highest BCUT2D eigenvalue weighted by molar-refractivity contribution is 5.71. The van der Waals surface area contributed by atoms with Gasteiger partial charge < -0.3 is 0 Å². The Bertz CT molecular complexity index is 192. The van der Waals surface area contributed by atoms with Crippen molar-refractivity contribution in [2.75, 3.05) is 0 Å². The van der Waals surface area contributed by atoms with E-state index in [9.17, 15) is 0 Å². The molecule has 0 unspecified atom stereocenters. The number of rotatable bonds is 1. The monoisotopic (exact) mass is 165 g/mol. The lowest BCUT2D eigenvalue weighted by atomic mass is 9.96. The van der Waals surface area contributed by atoms with Gasteiger partial charge in [-0.15, -0.1) is 0 Å². The van der Waals surface area contributed by atoms with Crippen LogP contribution in [0.4, 0.5) is 0 Å². The Labute approximate surface area is 73.1 Å². The summed E-state index contributed by atoms with van der Waals surface area (Å²) in [6.45, 7) is 0. The molecule has 0 bridgehead atoms. The Morgan fingerprint density at radius 1 is 1.25 bits per heavy atom. The van der Waals surface area contributed by atoms with Crippen molar-refractivity contribution in [3.05, 3.63) is 12.3 Å². The summed E-state index contributed by atoms with van der Waals surface area (Å²) in [6.07, 6.45) is 12.3. The number of hydrazone groups is 1. The van der Waals surface area contributed by atoms with Gasteiger partial charge in [0.05, 0.1) is 12.3 Å². The van der Waals surface area contributed by atoms with E-state index in [-0.39, 0.29) is 0 Å². The third-order valence-corrected chi connectivity index (χ3v) is 2.50. The molecule has 1 heterocycles. The molecule has 0 saturated heterocycles. The smallest absolute Gasteiger partial charge is 0.0694 e. The van der Waals surface area contributed by atoms with Gasteiger partial charge in [0.15, 0.2) is 0 Å². The molecule has 1 fully saturated rings. The average molecular weight is 165 g/mol. The Hall–Kier alpha value is -0.990. The molecule has 0 aromatic rings. The molecule has 0 atom stereocenters. The fraction of sp³-hybridized carbons (Fsp3) is 0.667. The molecule has 3 nitrogen and oxygen atoms in total. The fourth-order valence-corrected chi connectivity index (χ4v) is 1.83. The predicted octanol–water partition coefficient (Wildman–Crippen LogP) is 1.64. The highest BCUT2D eigenvalue weighted by Gasteiger charge is 2.19. The zero-order valence-electron chi connectivity index (χ0n) is 7.24. The summed E-state index contributed by atoms with van der Waals surface area (Å²) in [5.74, 6) is 0. The van der Waals surface area contributed by atoms with Crippen LogP contribution in [-0.2, 0) is 0 Å². The summed E-state index contributed by atoms with van der Waals surface area (Å²) in [4.78, 5) is 0. The maximum absolute atomic E-state index is 4.26. The molecule has 0 spiro atoms. The molecule has 1 saturated carbocycles. The van der Waals surface area contributed by atoms with E-state index in [2.05, 4.69) is 10.5 Å². The van der Waals surface area contributed by atoms with Crippen molar-refractivity contribution in [1.82, 2.24) is 10.5 Å². The van der Waals surface area contributed by atoms with Crippen LogP contribution in [0.25, 0.3) is 0 Å². The first kappa shape index (κ1) is 7.65. The lowest BCUT2D eigenvalue weighted by molar-refractivity contribution is 0.121. The van der Waals surface area contributed by atoms with Crippen LogP contribution in [0.15, 0.2) is 17.4 Å². The van der Waals surface area contributed by atoms with Gasteiger partial charge in [-0.2, -0.15) is 5.10 Å². The van der Waals surface area contributed by atoms with Crippen LogP contribution < -0.4 is 5.43 Å². The first-order valence-electron chi connectivity index (χ1n) is 4.71. The normalized spacial score (nSPS) is 24.2. The minimum Gasteiger partial charge on any atom is -0.290 e. The zero-order chi connectivity index (χ0) is 8.23. The predicted molar refractivity (Wildman–Crippen MR) is 49.5 cm³/mol. The van der Waals surface area contributed by atoms with Gasteiger partial charge >= 0.3 is 0 Å². The molecule has 2 rings (SSSR count). The van der Waals surface area contributed by atoms with Gasteiger partial charge in [-0.1, -0.05) is 19.3 Å². The molecule has 1 aliphatic heterocycles. The van der Waals surface area contributed by atoms with Gasteiger partial charge in [-0.25, -0.2) is 5.12 Å². The van der Waals surface area contributed by atoms with E-state index in [4.69, 9.17) is 0 Å². The second kappa shape index (κ2) is 3.61. The molecule has 3 heteroatoms. The molecule has 12 heavy (non-hydrogen) atoms. The number of nitrogens with one attached hydrogen (secondary N) is 1. The van der Waals surface area contributed by atoms with E-state index >= 15 is 0 Å². The molecule has 0 aromatic heterocycles. The maximum atomic E-state index is 4.26. The number of hydrogen-bond donors (Lipinski definition) is 1. The average Bonchev–Trinajstić information content (AvgIpc) is 2.21. The summed E-state index contributed by atoms with van der Waals surface area (Å²) in [5, 5.41) is 6.25. The third kappa shape index (κ3) is 1.60. The summed E-state index contributed by atoms with van der Waals surface area (Å²) in [5.41, 5.74) is 3.14. The van der Waals surface area contributed by atoms with Crippen molar-refractivity contribution in [3.63, 3.8) is 0 Å². The van der Waals surface area contributed by atoms with Crippen molar-refractivity contribution in [2.45, 2.75) is 38.1 Å². The van der Waals surface area contributed by atoms with Crippen LogP contribution in [-0.4, -0.2) is 17.4 Å². The zero-order valence-corrected chi connectivity index (χ0v) is 7.24. The number of allylic oxidation sites excluding steroid dienone is 1. The molecular formula is C9H15N3. The maximum Gasteiger partial charge on any atom is 0.0694 e. The molecule has 1 aliphatic carbocycles. The Morgan fingerprint density at radius 3 is 2.75 bits per heavy atom. The summed E-state index contributed by atoms with van der Waals surface area (Å²) >= 11 is 0. The van der Waals surface area contributed by atoms with Gasteiger partial charge in [0, 0.05) is 6.20 Å². The van der Waals surface area contributed by atoms with E-state index < -0.39 is 0 Å². The summed E-state index contributed by atoms with van der Waals surface area (Å²) < 4.78 is 0. The first-order valence-corrected chi connectivity index (χ1v) is 4.71. The quantitative estimate of drug-likeness (QED) is 0.639. The summed E-state index contributed by atoms with van der Waals surface area (Å²) in [7, 11) is 0. The standard InChI is InChI=1S/C9H15N3/c1-2-5-9(6-3-1)12-10-7-4-8-11-12/h4,7-10H,1-3,5-6H2. The number of hydrazine groups is 1. The lowest BCUT2D eigenvalue weighted by Gasteiger charge is -2.32. The molecule has 2 aliphatic rings. The SMILES string of the molecule is C1=CNN(C2CCCCC2)N=C1. The van der Waals surface area contributed by atoms with Gasteiger partial charge in [0.25, 0.3) is 0 Å². The molecule has 1 N–H and O–H groups in total. The third-order valence-electron chi connectivity index (χ3n) is 2.50. The van der Waals surface area contributed by atoms with Crippen LogP contribution >= 0.6 is 0 Å². The van der Waals surface area contributed by atoms with Crippen LogP contribution in [0.1, 0.15) is 32.1 Å². The highest BCUT2D eigenvalue weighted by atomic mass is 15.7.